The lowest BCUT2D eigenvalue weighted by Crippen LogP contribution is -2.30. The van der Waals surface area contributed by atoms with Gasteiger partial charge in [0.2, 0.25) is 0 Å². The van der Waals surface area contributed by atoms with Gasteiger partial charge < -0.3 is 29.3 Å². The summed E-state index contributed by atoms with van der Waals surface area (Å²) in [6.45, 7) is 2.77. The smallest absolute Gasteiger partial charge is 0.418 e. The highest BCUT2D eigenvalue weighted by Gasteiger charge is 2.39. The van der Waals surface area contributed by atoms with Gasteiger partial charge in [-0.3, -0.25) is 0 Å². The number of nitrogens with one attached hydrogen (secondary N) is 1. The molecule has 5 aromatic rings. The molecule has 51 heavy (non-hydrogen) atoms. The molecule has 0 saturated heterocycles. The second-order valence-corrected chi connectivity index (χ2v) is 13.2. The number of methoxy groups -OCH3 is 2. The number of amidine groups is 1. The molecule has 2 aliphatic heterocycles. The Bertz CT molecular complexity index is 2060. The molecule has 0 aliphatic carbocycles. The monoisotopic (exact) mass is 732 g/mol. The summed E-state index contributed by atoms with van der Waals surface area (Å²) < 4.78 is 65.8. The third kappa shape index (κ3) is 7.04. The first-order valence-electron chi connectivity index (χ1n) is 15.9. The maximum atomic E-state index is 15.0. The first-order chi connectivity index (χ1) is 24.6. The molecule has 0 spiro atoms. The van der Waals surface area contributed by atoms with E-state index in [1.54, 1.807) is 26.6 Å². The molecular formula is C37H32ClF3N6O3S. The third-order valence-electron chi connectivity index (χ3n) is 8.59. The molecule has 0 atom stereocenters. The molecule has 2 aliphatic rings. The topological polar surface area (TPSA) is 84.3 Å². The first-order valence-corrected chi connectivity index (χ1v) is 17.0. The number of pyridine rings is 1. The number of ether oxygens (including phenoxy) is 3. The van der Waals surface area contributed by atoms with Crippen molar-refractivity contribution in [1.29, 1.82) is 0 Å². The van der Waals surface area contributed by atoms with E-state index in [0.29, 0.717) is 59.8 Å². The lowest BCUT2D eigenvalue weighted by Gasteiger charge is -2.29. The summed E-state index contributed by atoms with van der Waals surface area (Å²) in [5.41, 5.74) is 1.69. The predicted octanol–water partition coefficient (Wildman–Crippen LogP) is 8.91. The number of hydrogen-bond donors (Lipinski definition) is 1. The number of alkyl halides is 3. The minimum absolute atomic E-state index is 0.00312. The molecule has 3 aromatic carbocycles. The van der Waals surface area contributed by atoms with Crippen LogP contribution in [-0.4, -0.2) is 41.0 Å². The zero-order valence-electron chi connectivity index (χ0n) is 27.8. The largest absolute Gasteiger partial charge is 0.497 e. The van der Waals surface area contributed by atoms with Crippen LogP contribution in [-0.2, 0) is 25.8 Å². The lowest BCUT2D eigenvalue weighted by atomic mass is 9.97. The van der Waals surface area contributed by atoms with Crippen molar-refractivity contribution in [2.24, 2.45) is 4.99 Å². The molecule has 1 N–H and O–H groups in total. The van der Waals surface area contributed by atoms with E-state index in [4.69, 9.17) is 30.8 Å². The van der Waals surface area contributed by atoms with Crippen molar-refractivity contribution in [3.63, 3.8) is 0 Å². The van der Waals surface area contributed by atoms with Crippen molar-refractivity contribution in [3.05, 3.63) is 123 Å². The number of halogens is 4. The van der Waals surface area contributed by atoms with E-state index in [2.05, 4.69) is 14.7 Å². The van der Waals surface area contributed by atoms with E-state index in [0.717, 1.165) is 16.0 Å². The third-order valence-corrected chi connectivity index (χ3v) is 9.71. The van der Waals surface area contributed by atoms with Crippen LogP contribution in [0.15, 0.2) is 90.4 Å². The number of nitrogens with zero attached hydrogens (tertiary/aromatic N) is 5. The average molecular weight is 733 g/mol. The van der Waals surface area contributed by atoms with Gasteiger partial charge in [-0.2, -0.15) is 13.2 Å². The maximum Gasteiger partial charge on any atom is 0.418 e. The second kappa shape index (κ2) is 14.2. The summed E-state index contributed by atoms with van der Waals surface area (Å²) in [6.07, 6.45) is 0.213. The molecule has 9 nitrogen and oxygen atoms in total. The normalized spacial score (nSPS) is 13.5. The molecule has 0 amide bonds. The summed E-state index contributed by atoms with van der Waals surface area (Å²) in [7, 11) is 3.18. The van der Waals surface area contributed by atoms with Crippen LogP contribution in [0.3, 0.4) is 0 Å². The number of aliphatic imine (C=N–C) groups is 1. The zero-order valence-corrected chi connectivity index (χ0v) is 29.4. The fraction of sp³-hybridized carbons (Fsp3) is 0.216. The van der Waals surface area contributed by atoms with Gasteiger partial charge >= 0.3 is 6.18 Å². The number of benzene rings is 3. The Morgan fingerprint density at radius 2 is 1.65 bits per heavy atom. The van der Waals surface area contributed by atoms with Crippen LogP contribution in [0.5, 0.6) is 17.2 Å². The molecule has 14 heteroatoms. The highest BCUT2D eigenvalue weighted by molar-refractivity contribution is 7.05. The van der Waals surface area contributed by atoms with Gasteiger partial charge in [0.1, 0.15) is 41.8 Å². The van der Waals surface area contributed by atoms with Crippen LogP contribution in [0.25, 0.3) is 11.3 Å². The molecule has 4 heterocycles. The van der Waals surface area contributed by atoms with Crippen LogP contribution < -0.4 is 24.4 Å². The fourth-order valence-corrected chi connectivity index (χ4v) is 7.03. The molecule has 7 rings (SSSR count). The summed E-state index contributed by atoms with van der Waals surface area (Å²) in [4.78, 5) is 14.3. The van der Waals surface area contributed by atoms with Gasteiger partial charge in [-0.05, 0) is 77.6 Å². The summed E-state index contributed by atoms with van der Waals surface area (Å²) >= 11 is 8.44. The summed E-state index contributed by atoms with van der Waals surface area (Å²) in [5.74, 6) is 2.60. The molecule has 0 unspecified atom stereocenters. The van der Waals surface area contributed by atoms with Crippen LogP contribution in [0.2, 0.25) is 5.02 Å². The second-order valence-electron chi connectivity index (χ2n) is 11.9. The van der Waals surface area contributed by atoms with Crippen molar-refractivity contribution >= 4 is 40.5 Å². The Hall–Kier alpha value is -5.27. The van der Waals surface area contributed by atoms with Gasteiger partial charge in [-0.15, -0.1) is 0 Å². The van der Waals surface area contributed by atoms with Crippen molar-refractivity contribution in [2.75, 3.05) is 31.1 Å². The van der Waals surface area contributed by atoms with Gasteiger partial charge in [-0.1, -0.05) is 35.9 Å². The Kier molecular flexibility index (Phi) is 9.49. The minimum Gasteiger partial charge on any atom is -0.497 e. The number of aryl methyl sites for hydroxylation is 1. The summed E-state index contributed by atoms with van der Waals surface area (Å²) in [6, 6.07) is 19.9. The fourth-order valence-electron chi connectivity index (χ4n) is 6.15. The Morgan fingerprint density at radius 3 is 2.24 bits per heavy atom. The Balaban J connectivity index is 1.36. The van der Waals surface area contributed by atoms with Crippen molar-refractivity contribution in [3.8, 4) is 28.5 Å². The quantitative estimate of drug-likeness (QED) is 0.153. The van der Waals surface area contributed by atoms with Gasteiger partial charge in [0.05, 0.1) is 48.3 Å². The molecule has 2 aromatic heterocycles. The van der Waals surface area contributed by atoms with Crippen LogP contribution in [0.1, 0.15) is 32.7 Å². The Morgan fingerprint density at radius 1 is 0.980 bits per heavy atom. The number of rotatable bonds is 10. The van der Waals surface area contributed by atoms with Crippen molar-refractivity contribution < 1.29 is 27.4 Å². The number of anilines is 2. The highest BCUT2D eigenvalue weighted by Crippen LogP contribution is 2.48. The molecule has 0 radical (unpaired) electrons. The Labute approximate surface area is 301 Å². The standard InChI is InChI=1S/C37H32ClF3N6O3S/c1-22-16-30(47(18-23-4-8-25(48-2)9-5-23)19-24-6-10-26(49-3)11-7-24)45-34(32(22)37(39,40)41)28-17-29-31-35(33(28)38)42-21-43-36(31)46(14-15-50-29)20-27-12-13-44-51-27/h4-17,42H,18-21H2,1-3H3. The van der Waals surface area contributed by atoms with Crippen molar-refractivity contribution in [2.45, 2.75) is 32.7 Å². The molecule has 0 bridgehead atoms. The summed E-state index contributed by atoms with van der Waals surface area (Å²) in [5, 5.41) is 3.26. The molecule has 262 valence electrons. The predicted molar refractivity (Wildman–Crippen MR) is 193 cm³/mol. The van der Waals surface area contributed by atoms with E-state index in [-0.39, 0.29) is 28.5 Å². The SMILES string of the molecule is COc1ccc(CN(Cc2ccc(OC)cc2)c2cc(C)c(C(F)(F)F)c(-c3cc4c5c(c3Cl)NCN=C5N(Cc3ccns3)C=CO4)n2)cc1. The minimum atomic E-state index is -4.73. The van der Waals surface area contributed by atoms with E-state index >= 15 is 0 Å². The van der Waals surface area contributed by atoms with Crippen LogP contribution >= 0.6 is 23.1 Å². The highest BCUT2D eigenvalue weighted by atomic mass is 35.5. The van der Waals surface area contributed by atoms with Gasteiger partial charge in [0.15, 0.2) is 0 Å². The van der Waals surface area contributed by atoms with E-state index in [9.17, 15) is 13.2 Å². The molecular weight excluding hydrogens is 701 g/mol. The van der Waals surface area contributed by atoms with E-state index in [1.807, 2.05) is 64.4 Å². The first kappa shape index (κ1) is 34.2. The van der Waals surface area contributed by atoms with Crippen molar-refractivity contribution in [1.82, 2.24) is 14.3 Å². The zero-order chi connectivity index (χ0) is 35.7. The lowest BCUT2D eigenvalue weighted by molar-refractivity contribution is -0.137. The number of hydrogen-bond acceptors (Lipinski definition) is 10. The van der Waals surface area contributed by atoms with Gasteiger partial charge in [0.25, 0.3) is 0 Å². The maximum absolute atomic E-state index is 15.0. The van der Waals surface area contributed by atoms with Gasteiger partial charge in [-0.25, -0.2) is 14.3 Å². The molecule has 0 fully saturated rings. The average Bonchev–Trinajstić information content (AvgIpc) is 3.58. The van der Waals surface area contributed by atoms with Gasteiger partial charge in [0, 0.05) is 35.9 Å². The molecule has 0 saturated carbocycles. The van der Waals surface area contributed by atoms with E-state index in [1.165, 1.54) is 36.9 Å². The van der Waals surface area contributed by atoms with Crippen LogP contribution in [0.4, 0.5) is 24.7 Å². The van der Waals surface area contributed by atoms with E-state index < -0.39 is 11.7 Å². The number of aromatic nitrogens is 2. The van der Waals surface area contributed by atoms with Crippen LogP contribution in [0, 0.1) is 6.92 Å².